The summed E-state index contributed by atoms with van der Waals surface area (Å²) in [5.41, 5.74) is 28.7. The standard InChI is InChI=1S/C37H53N3/c1-19(2)28-13-25(38)14-29(20(3)4)34(28)37(35-30(21(5)6)15-26(39)16-31(35)22(7)8)36-32(23(9)10)17-27(40)18-33(36)24(11)12/h13-24,38H,39-40H2,1-12H3/p+1. The first-order valence-electron chi connectivity index (χ1n) is 15.2. The molecule has 0 aromatic heterocycles. The van der Waals surface area contributed by atoms with Gasteiger partial charge in [0.05, 0.1) is 0 Å². The molecule has 0 saturated carbocycles. The summed E-state index contributed by atoms with van der Waals surface area (Å²) in [6.45, 7) is 27.4. The third kappa shape index (κ3) is 6.14. The molecule has 0 radical (unpaired) electrons. The molecule has 3 nitrogen and oxygen atoms in total. The fraction of sp³-hybridized carbons (Fsp3) is 0.486. The highest BCUT2D eigenvalue weighted by Crippen LogP contribution is 2.49. The first-order valence-corrected chi connectivity index (χ1v) is 15.2. The van der Waals surface area contributed by atoms with E-state index in [1.165, 1.54) is 55.7 Å². The SMILES string of the molecule is CC(C)C1=CC(=[NH2+])C=C(C(C)C)C1=C(c1c(C(C)C)cc(N)cc1C(C)C)c1c(C(C)C)cc(N)cc1C(C)C. The highest BCUT2D eigenvalue weighted by Gasteiger charge is 2.33. The summed E-state index contributed by atoms with van der Waals surface area (Å²) >= 11 is 0. The van der Waals surface area contributed by atoms with Gasteiger partial charge in [0.1, 0.15) is 0 Å². The second-order valence-corrected chi connectivity index (χ2v) is 13.5. The highest BCUT2D eigenvalue weighted by molar-refractivity contribution is 6.06. The molecule has 1 aliphatic carbocycles. The van der Waals surface area contributed by atoms with Crippen molar-refractivity contribution in [1.29, 1.82) is 0 Å². The normalized spacial score (nSPS) is 14.3. The molecule has 0 spiro atoms. The van der Waals surface area contributed by atoms with E-state index in [-0.39, 0.29) is 0 Å². The van der Waals surface area contributed by atoms with Crippen LogP contribution in [0.4, 0.5) is 11.4 Å². The average molecular weight is 541 g/mol. The van der Waals surface area contributed by atoms with Gasteiger partial charge in [-0.1, -0.05) is 83.1 Å². The van der Waals surface area contributed by atoms with Crippen molar-refractivity contribution < 1.29 is 5.41 Å². The molecular weight excluding hydrogens is 486 g/mol. The average Bonchev–Trinajstić information content (AvgIpc) is 2.84. The van der Waals surface area contributed by atoms with Gasteiger partial charge in [0.2, 0.25) is 0 Å². The molecule has 0 amide bonds. The molecule has 2 aromatic rings. The number of anilines is 2. The molecule has 216 valence electrons. The van der Waals surface area contributed by atoms with Crippen molar-refractivity contribution in [2.45, 2.75) is 107 Å². The Bertz CT molecular complexity index is 1210. The maximum Gasteiger partial charge on any atom is 0.197 e. The van der Waals surface area contributed by atoms with Crippen LogP contribution in [0, 0.1) is 11.8 Å². The van der Waals surface area contributed by atoms with E-state index in [9.17, 15) is 0 Å². The molecule has 0 saturated heterocycles. The summed E-state index contributed by atoms with van der Waals surface area (Å²) in [6.07, 6.45) is 4.41. The van der Waals surface area contributed by atoms with E-state index in [2.05, 4.69) is 120 Å². The van der Waals surface area contributed by atoms with Gasteiger partial charge < -0.3 is 11.5 Å². The largest absolute Gasteiger partial charge is 0.399 e. The van der Waals surface area contributed by atoms with Crippen molar-refractivity contribution in [2.24, 2.45) is 11.8 Å². The Labute approximate surface area is 244 Å². The summed E-state index contributed by atoms with van der Waals surface area (Å²) in [7, 11) is 0. The maximum atomic E-state index is 6.59. The summed E-state index contributed by atoms with van der Waals surface area (Å²) in [6, 6.07) is 8.81. The van der Waals surface area contributed by atoms with E-state index in [0.29, 0.717) is 35.5 Å². The molecule has 0 fully saturated rings. The number of nitrogen functional groups attached to an aromatic ring is 2. The Kier molecular flexibility index (Phi) is 9.60. The lowest BCUT2D eigenvalue weighted by atomic mass is 9.70. The van der Waals surface area contributed by atoms with Crippen molar-refractivity contribution >= 4 is 22.7 Å². The summed E-state index contributed by atoms with van der Waals surface area (Å²) in [5.74, 6) is 1.77. The summed E-state index contributed by atoms with van der Waals surface area (Å²) in [5, 5.41) is 6.59. The zero-order chi connectivity index (χ0) is 30.2. The Morgan fingerprint density at radius 3 is 1.00 bits per heavy atom. The molecule has 3 heteroatoms. The molecule has 6 N–H and O–H groups in total. The zero-order valence-corrected chi connectivity index (χ0v) is 27.2. The molecule has 1 aliphatic rings. The molecule has 0 aliphatic heterocycles. The van der Waals surface area contributed by atoms with Crippen LogP contribution in [0.2, 0.25) is 0 Å². The van der Waals surface area contributed by atoms with E-state index in [1.807, 2.05) is 0 Å². The first-order chi connectivity index (χ1) is 18.6. The van der Waals surface area contributed by atoms with E-state index < -0.39 is 0 Å². The number of benzene rings is 2. The van der Waals surface area contributed by atoms with E-state index in [0.717, 1.165) is 17.1 Å². The van der Waals surface area contributed by atoms with Crippen LogP contribution in [0.3, 0.4) is 0 Å². The number of hydrogen-bond acceptors (Lipinski definition) is 2. The van der Waals surface area contributed by atoms with Crippen LogP contribution in [-0.4, -0.2) is 5.71 Å². The lowest BCUT2D eigenvalue weighted by Crippen LogP contribution is -2.39. The minimum atomic E-state index is 0.295. The van der Waals surface area contributed by atoms with Gasteiger partial charge in [-0.05, 0) is 115 Å². The molecule has 2 aromatic carbocycles. The smallest absolute Gasteiger partial charge is 0.197 e. The van der Waals surface area contributed by atoms with Gasteiger partial charge in [-0.15, -0.1) is 0 Å². The summed E-state index contributed by atoms with van der Waals surface area (Å²) in [4.78, 5) is 0. The fourth-order valence-electron chi connectivity index (χ4n) is 6.11. The van der Waals surface area contributed by atoms with E-state index in [4.69, 9.17) is 16.9 Å². The van der Waals surface area contributed by atoms with Gasteiger partial charge >= 0.3 is 0 Å². The molecule has 0 heterocycles. The molecule has 40 heavy (non-hydrogen) atoms. The number of hydrogen-bond donors (Lipinski definition) is 3. The first kappa shape index (κ1) is 31.5. The predicted molar refractivity (Wildman–Crippen MR) is 177 cm³/mol. The minimum Gasteiger partial charge on any atom is -0.399 e. The second kappa shape index (κ2) is 12.2. The number of rotatable bonds is 8. The predicted octanol–water partition coefficient (Wildman–Crippen LogP) is 8.53. The molecule has 3 rings (SSSR count). The van der Waals surface area contributed by atoms with Crippen molar-refractivity contribution in [3.63, 3.8) is 0 Å². The molecule has 0 bridgehead atoms. The van der Waals surface area contributed by atoms with Crippen LogP contribution < -0.4 is 16.9 Å². The third-order valence-corrected chi connectivity index (χ3v) is 8.15. The van der Waals surface area contributed by atoms with Crippen LogP contribution in [-0.2, 0) is 0 Å². The van der Waals surface area contributed by atoms with Crippen molar-refractivity contribution in [2.75, 3.05) is 11.5 Å². The fourth-order valence-corrected chi connectivity index (χ4v) is 6.11. The van der Waals surface area contributed by atoms with Gasteiger partial charge in [0.15, 0.2) is 5.71 Å². The highest BCUT2D eigenvalue weighted by atomic mass is 14.6. The van der Waals surface area contributed by atoms with Crippen molar-refractivity contribution in [3.05, 3.63) is 86.5 Å². The number of allylic oxidation sites excluding steroid dienone is 5. The lowest BCUT2D eigenvalue weighted by Gasteiger charge is -2.33. The minimum absolute atomic E-state index is 0.295. The molecular formula is C37H54N3+. The third-order valence-electron chi connectivity index (χ3n) is 8.15. The van der Waals surface area contributed by atoms with E-state index in [1.54, 1.807) is 0 Å². The zero-order valence-electron chi connectivity index (χ0n) is 27.2. The topological polar surface area (TPSA) is 77.6 Å². The molecule has 0 unspecified atom stereocenters. The maximum absolute atomic E-state index is 6.59. The van der Waals surface area contributed by atoms with Gasteiger partial charge in [-0.25, -0.2) is 0 Å². The lowest BCUT2D eigenvalue weighted by molar-refractivity contribution is -0.110. The molecule has 0 atom stereocenters. The van der Waals surface area contributed by atoms with Crippen molar-refractivity contribution in [1.82, 2.24) is 0 Å². The Hall–Kier alpha value is -3.07. The van der Waals surface area contributed by atoms with Gasteiger partial charge in [-0.2, -0.15) is 0 Å². The van der Waals surface area contributed by atoms with Gasteiger partial charge in [0, 0.05) is 23.5 Å². The van der Waals surface area contributed by atoms with Gasteiger partial charge in [-0.3, -0.25) is 5.41 Å². The van der Waals surface area contributed by atoms with Gasteiger partial charge in [0.25, 0.3) is 0 Å². The van der Waals surface area contributed by atoms with Crippen LogP contribution in [0.25, 0.3) is 5.57 Å². The van der Waals surface area contributed by atoms with Crippen LogP contribution in [0.1, 0.15) is 140 Å². The monoisotopic (exact) mass is 540 g/mol. The van der Waals surface area contributed by atoms with Crippen LogP contribution >= 0.6 is 0 Å². The van der Waals surface area contributed by atoms with E-state index >= 15 is 0 Å². The summed E-state index contributed by atoms with van der Waals surface area (Å²) < 4.78 is 0. The van der Waals surface area contributed by atoms with Crippen LogP contribution in [0.5, 0.6) is 0 Å². The quantitative estimate of drug-likeness (QED) is 0.293. The van der Waals surface area contributed by atoms with Crippen molar-refractivity contribution in [3.8, 4) is 0 Å². The number of nitrogens with two attached hydrogens (primary N) is 3. The Balaban J connectivity index is 2.84. The Morgan fingerprint density at radius 2 is 0.775 bits per heavy atom. The Morgan fingerprint density at radius 1 is 0.500 bits per heavy atom. The second-order valence-electron chi connectivity index (χ2n) is 13.5. The van der Waals surface area contributed by atoms with Crippen LogP contribution in [0.15, 0.2) is 53.1 Å².